The molecule has 1 atom stereocenters. The quantitative estimate of drug-likeness (QED) is 0.514. The topological polar surface area (TPSA) is 30.3 Å². The standard InChI is InChI=1S/C21H24ClN3OS/c22-21-10-9-20(27-21)8-7-19(15-24-14-11-23-16-24)26-18-5-3-17(4-6-18)25-12-1-2-13-25/h3-6,9-11,14,16,19H,1-2,7-8,12-13,15H2. The Morgan fingerprint density at radius 3 is 2.59 bits per heavy atom. The van der Waals surface area contributed by atoms with Crippen LogP contribution in [0.5, 0.6) is 5.75 Å². The molecule has 0 amide bonds. The molecule has 1 aliphatic rings. The predicted octanol–water partition coefficient (Wildman–Crippen LogP) is 5.28. The Morgan fingerprint density at radius 1 is 1.11 bits per heavy atom. The third-order valence-corrected chi connectivity index (χ3v) is 6.22. The first-order valence-electron chi connectivity index (χ1n) is 9.48. The fraction of sp³-hybridized carbons (Fsp3) is 0.381. The predicted molar refractivity (Wildman–Crippen MR) is 112 cm³/mol. The minimum atomic E-state index is 0.0812. The highest BCUT2D eigenvalue weighted by Crippen LogP contribution is 2.26. The maximum Gasteiger partial charge on any atom is 0.119 e. The van der Waals surface area contributed by atoms with Crippen LogP contribution < -0.4 is 9.64 Å². The third-order valence-electron chi connectivity index (χ3n) is 4.93. The zero-order valence-electron chi connectivity index (χ0n) is 15.3. The molecule has 0 radical (unpaired) electrons. The summed E-state index contributed by atoms with van der Waals surface area (Å²) >= 11 is 7.71. The molecule has 1 aromatic carbocycles. The van der Waals surface area contributed by atoms with Crippen molar-refractivity contribution < 1.29 is 4.74 Å². The Balaban J connectivity index is 1.41. The molecule has 4 nitrogen and oxygen atoms in total. The monoisotopic (exact) mass is 401 g/mol. The summed E-state index contributed by atoms with van der Waals surface area (Å²) in [7, 11) is 0. The number of imidazole rings is 1. The van der Waals surface area contributed by atoms with E-state index in [1.807, 2.05) is 18.6 Å². The van der Waals surface area contributed by atoms with Gasteiger partial charge in [0.1, 0.15) is 11.9 Å². The number of anilines is 1. The van der Waals surface area contributed by atoms with Gasteiger partial charge >= 0.3 is 0 Å². The fourth-order valence-electron chi connectivity index (χ4n) is 3.51. The van der Waals surface area contributed by atoms with Crippen LogP contribution in [0.4, 0.5) is 5.69 Å². The van der Waals surface area contributed by atoms with Crippen LogP contribution in [0.3, 0.4) is 0 Å². The Hall–Kier alpha value is -1.98. The second kappa shape index (κ2) is 8.81. The summed E-state index contributed by atoms with van der Waals surface area (Å²) in [6.07, 6.45) is 10.2. The van der Waals surface area contributed by atoms with Gasteiger partial charge in [0.25, 0.3) is 0 Å². The summed E-state index contributed by atoms with van der Waals surface area (Å²) in [5, 5.41) is 0. The van der Waals surface area contributed by atoms with Crippen molar-refractivity contribution in [3.63, 3.8) is 0 Å². The number of nitrogens with zero attached hydrogens (tertiary/aromatic N) is 3. The molecule has 0 saturated carbocycles. The van der Waals surface area contributed by atoms with Crippen LogP contribution in [0.2, 0.25) is 4.34 Å². The van der Waals surface area contributed by atoms with Crippen LogP contribution in [0.25, 0.3) is 0 Å². The van der Waals surface area contributed by atoms with Crippen LogP contribution in [0, 0.1) is 0 Å². The second-order valence-electron chi connectivity index (χ2n) is 6.93. The molecule has 1 aliphatic heterocycles. The van der Waals surface area contributed by atoms with Gasteiger partial charge < -0.3 is 14.2 Å². The van der Waals surface area contributed by atoms with Gasteiger partial charge in [0.2, 0.25) is 0 Å². The number of rotatable bonds is 8. The number of aromatic nitrogens is 2. The van der Waals surface area contributed by atoms with Gasteiger partial charge in [-0.25, -0.2) is 4.98 Å². The summed E-state index contributed by atoms with van der Waals surface area (Å²) < 4.78 is 9.25. The molecular weight excluding hydrogens is 378 g/mol. The van der Waals surface area contributed by atoms with Crippen molar-refractivity contribution in [3.8, 4) is 5.75 Å². The van der Waals surface area contributed by atoms with E-state index in [0.717, 1.165) is 42.6 Å². The maximum atomic E-state index is 6.34. The SMILES string of the molecule is Clc1ccc(CCC(Cn2ccnc2)Oc2ccc(N3CCCC3)cc2)s1. The lowest BCUT2D eigenvalue weighted by Crippen LogP contribution is -2.23. The lowest BCUT2D eigenvalue weighted by atomic mass is 10.1. The molecule has 2 aromatic heterocycles. The Kier molecular flexibility index (Phi) is 6.00. The molecule has 1 unspecified atom stereocenters. The van der Waals surface area contributed by atoms with Crippen LogP contribution >= 0.6 is 22.9 Å². The molecule has 1 fully saturated rings. The second-order valence-corrected chi connectivity index (χ2v) is 8.73. The van der Waals surface area contributed by atoms with Gasteiger partial charge in [-0.2, -0.15) is 0 Å². The molecule has 27 heavy (non-hydrogen) atoms. The zero-order valence-corrected chi connectivity index (χ0v) is 16.8. The van der Waals surface area contributed by atoms with Gasteiger partial charge in [-0.05, 0) is 62.1 Å². The number of hydrogen-bond acceptors (Lipinski definition) is 4. The van der Waals surface area contributed by atoms with Crippen molar-refractivity contribution in [1.29, 1.82) is 0 Å². The fourth-order valence-corrected chi connectivity index (χ4v) is 4.61. The molecule has 0 bridgehead atoms. The first-order valence-corrected chi connectivity index (χ1v) is 10.7. The highest BCUT2D eigenvalue weighted by molar-refractivity contribution is 7.16. The summed E-state index contributed by atoms with van der Waals surface area (Å²) in [6, 6.07) is 12.6. The molecule has 0 spiro atoms. The third kappa shape index (κ3) is 5.05. The lowest BCUT2D eigenvalue weighted by molar-refractivity contribution is 0.170. The minimum Gasteiger partial charge on any atom is -0.489 e. The van der Waals surface area contributed by atoms with E-state index < -0.39 is 0 Å². The summed E-state index contributed by atoms with van der Waals surface area (Å²) in [4.78, 5) is 7.88. The molecular formula is C21H24ClN3OS. The van der Waals surface area contributed by atoms with Crippen LogP contribution in [-0.2, 0) is 13.0 Å². The highest BCUT2D eigenvalue weighted by Gasteiger charge is 2.15. The van der Waals surface area contributed by atoms with E-state index in [9.17, 15) is 0 Å². The molecule has 4 rings (SSSR count). The number of halogens is 1. The van der Waals surface area contributed by atoms with Crippen molar-refractivity contribution in [3.05, 3.63) is 64.3 Å². The average Bonchev–Trinajstić information content (AvgIpc) is 3.44. The van der Waals surface area contributed by atoms with Gasteiger partial charge in [0.05, 0.1) is 17.2 Å². The average molecular weight is 402 g/mol. The number of benzene rings is 1. The molecule has 6 heteroatoms. The first-order chi connectivity index (χ1) is 13.3. The van der Waals surface area contributed by atoms with Crippen molar-refractivity contribution in [2.45, 2.75) is 38.3 Å². The van der Waals surface area contributed by atoms with E-state index in [1.54, 1.807) is 17.5 Å². The Bertz CT molecular complexity index is 826. The van der Waals surface area contributed by atoms with Crippen molar-refractivity contribution in [1.82, 2.24) is 9.55 Å². The molecule has 3 heterocycles. The van der Waals surface area contributed by atoms with Gasteiger partial charge in [-0.3, -0.25) is 0 Å². The summed E-state index contributed by atoms with van der Waals surface area (Å²) in [5.41, 5.74) is 1.29. The van der Waals surface area contributed by atoms with E-state index in [0.29, 0.717) is 0 Å². The van der Waals surface area contributed by atoms with E-state index in [2.05, 4.69) is 44.8 Å². The van der Waals surface area contributed by atoms with Gasteiger partial charge in [0, 0.05) is 36.0 Å². The van der Waals surface area contributed by atoms with Crippen molar-refractivity contribution >= 4 is 28.6 Å². The Labute approximate surface area is 169 Å². The van der Waals surface area contributed by atoms with E-state index in [4.69, 9.17) is 16.3 Å². The molecule has 3 aromatic rings. The molecule has 0 N–H and O–H groups in total. The van der Waals surface area contributed by atoms with Gasteiger partial charge in [0.15, 0.2) is 0 Å². The number of thiophene rings is 1. The number of hydrogen-bond donors (Lipinski definition) is 0. The highest BCUT2D eigenvalue weighted by atomic mass is 35.5. The molecule has 142 valence electrons. The smallest absolute Gasteiger partial charge is 0.119 e. The van der Waals surface area contributed by atoms with Crippen LogP contribution in [-0.4, -0.2) is 28.7 Å². The molecule has 1 saturated heterocycles. The van der Waals surface area contributed by atoms with E-state index in [-0.39, 0.29) is 6.10 Å². The summed E-state index contributed by atoms with van der Waals surface area (Å²) in [6.45, 7) is 3.10. The van der Waals surface area contributed by atoms with Gasteiger partial charge in [-0.15, -0.1) is 11.3 Å². The van der Waals surface area contributed by atoms with E-state index in [1.165, 1.54) is 23.4 Å². The zero-order chi connectivity index (χ0) is 18.5. The normalized spacial score (nSPS) is 15.2. The van der Waals surface area contributed by atoms with Crippen molar-refractivity contribution in [2.75, 3.05) is 18.0 Å². The van der Waals surface area contributed by atoms with Crippen LogP contribution in [0.1, 0.15) is 24.1 Å². The Morgan fingerprint density at radius 2 is 1.93 bits per heavy atom. The van der Waals surface area contributed by atoms with Gasteiger partial charge in [-0.1, -0.05) is 11.6 Å². The minimum absolute atomic E-state index is 0.0812. The maximum absolute atomic E-state index is 6.34. The summed E-state index contributed by atoms with van der Waals surface area (Å²) in [5.74, 6) is 0.923. The lowest BCUT2D eigenvalue weighted by Gasteiger charge is -2.21. The largest absolute Gasteiger partial charge is 0.489 e. The number of aryl methyl sites for hydroxylation is 1. The van der Waals surface area contributed by atoms with Crippen molar-refractivity contribution in [2.24, 2.45) is 0 Å². The molecule has 0 aliphatic carbocycles. The van der Waals surface area contributed by atoms with E-state index >= 15 is 0 Å². The first kappa shape index (κ1) is 18.4. The number of ether oxygens (including phenoxy) is 1. The van der Waals surface area contributed by atoms with Crippen LogP contribution in [0.15, 0.2) is 55.1 Å².